The van der Waals surface area contributed by atoms with E-state index in [-0.39, 0.29) is 12.3 Å². The zero-order chi connectivity index (χ0) is 18.9. The quantitative estimate of drug-likeness (QED) is 0.424. The van der Waals surface area contributed by atoms with Crippen molar-refractivity contribution in [2.75, 3.05) is 18.4 Å². The monoisotopic (exact) mass is 366 g/mol. The number of amides is 1. The standard InChI is InChI=1S/C19H22N6O2/c26-17(15-4-2-1-3-5-15)13-20-11-10-14-6-8-16(9-7-14)21-19(27)12-18-22-24-25-23-18/h1-9,17,20,26H,10-13H2,(H,21,27)(H,22,23,24,25). The van der Waals surface area contributed by atoms with E-state index in [1.165, 1.54) is 0 Å². The summed E-state index contributed by atoms with van der Waals surface area (Å²) in [4.78, 5) is 11.9. The van der Waals surface area contributed by atoms with Gasteiger partial charge in [0, 0.05) is 12.2 Å². The first-order valence-corrected chi connectivity index (χ1v) is 8.75. The van der Waals surface area contributed by atoms with Crippen LogP contribution in [0.25, 0.3) is 0 Å². The third-order valence-electron chi connectivity index (χ3n) is 4.06. The largest absolute Gasteiger partial charge is 0.387 e. The van der Waals surface area contributed by atoms with Crippen molar-refractivity contribution in [1.29, 1.82) is 0 Å². The van der Waals surface area contributed by atoms with Gasteiger partial charge in [0.05, 0.1) is 12.5 Å². The molecule has 0 aliphatic rings. The first-order chi connectivity index (χ1) is 13.2. The molecule has 1 amide bonds. The Morgan fingerprint density at radius 2 is 1.89 bits per heavy atom. The lowest BCUT2D eigenvalue weighted by atomic mass is 10.1. The number of nitrogens with zero attached hydrogens (tertiary/aromatic N) is 3. The highest BCUT2D eigenvalue weighted by Gasteiger charge is 2.08. The third kappa shape index (κ3) is 5.98. The Morgan fingerprint density at radius 1 is 1.11 bits per heavy atom. The van der Waals surface area contributed by atoms with Crippen molar-refractivity contribution < 1.29 is 9.90 Å². The number of aliphatic hydroxyl groups excluding tert-OH is 1. The Hall–Kier alpha value is -3.10. The fraction of sp³-hybridized carbons (Fsp3) is 0.263. The molecule has 1 aromatic heterocycles. The van der Waals surface area contributed by atoms with Crippen molar-refractivity contribution in [2.24, 2.45) is 0 Å². The molecule has 0 aliphatic carbocycles. The van der Waals surface area contributed by atoms with Crippen LogP contribution in [-0.4, -0.2) is 44.7 Å². The summed E-state index contributed by atoms with van der Waals surface area (Å²) in [5, 5.41) is 29.4. The average Bonchev–Trinajstić information content (AvgIpc) is 3.20. The van der Waals surface area contributed by atoms with Crippen LogP contribution in [0.1, 0.15) is 23.1 Å². The number of aromatic amines is 1. The number of nitrogens with one attached hydrogen (secondary N) is 3. The second-order valence-corrected chi connectivity index (χ2v) is 6.13. The first kappa shape index (κ1) is 18.7. The maximum absolute atomic E-state index is 11.9. The molecule has 0 aliphatic heterocycles. The Balaban J connectivity index is 1.38. The highest BCUT2D eigenvalue weighted by atomic mass is 16.3. The van der Waals surface area contributed by atoms with Gasteiger partial charge in [-0.3, -0.25) is 4.79 Å². The number of anilines is 1. The molecule has 0 fully saturated rings. The molecule has 0 radical (unpaired) electrons. The molecular weight excluding hydrogens is 344 g/mol. The third-order valence-corrected chi connectivity index (χ3v) is 4.06. The average molecular weight is 366 g/mol. The van der Waals surface area contributed by atoms with Gasteiger partial charge in [-0.05, 0) is 36.2 Å². The minimum atomic E-state index is -0.511. The van der Waals surface area contributed by atoms with Gasteiger partial charge in [-0.1, -0.05) is 47.7 Å². The second-order valence-electron chi connectivity index (χ2n) is 6.13. The SMILES string of the molecule is O=C(Cc1nn[nH]n1)Nc1ccc(CCNCC(O)c2ccccc2)cc1. The van der Waals surface area contributed by atoms with Crippen molar-refractivity contribution in [3.05, 3.63) is 71.5 Å². The first-order valence-electron chi connectivity index (χ1n) is 8.75. The summed E-state index contributed by atoms with van der Waals surface area (Å²) in [6, 6.07) is 17.3. The Kier molecular flexibility index (Phi) is 6.61. The number of hydrogen-bond donors (Lipinski definition) is 4. The van der Waals surface area contributed by atoms with E-state index in [1.807, 2.05) is 54.6 Å². The predicted octanol–water partition coefficient (Wildman–Crippen LogP) is 1.25. The molecule has 0 spiro atoms. The molecule has 1 atom stereocenters. The molecule has 3 aromatic rings. The highest BCUT2D eigenvalue weighted by Crippen LogP contribution is 2.12. The molecule has 0 saturated heterocycles. The number of rotatable bonds is 9. The van der Waals surface area contributed by atoms with E-state index in [1.54, 1.807) is 0 Å². The summed E-state index contributed by atoms with van der Waals surface area (Å²) in [6.45, 7) is 1.27. The van der Waals surface area contributed by atoms with Crippen LogP contribution in [0.4, 0.5) is 5.69 Å². The minimum absolute atomic E-state index is 0.0753. The van der Waals surface area contributed by atoms with Crippen LogP contribution in [0.2, 0.25) is 0 Å². The van der Waals surface area contributed by atoms with Gasteiger partial charge in [0.15, 0.2) is 5.82 Å². The van der Waals surface area contributed by atoms with Crippen molar-refractivity contribution >= 4 is 11.6 Å². The van der Waals surface area contributed by atoms with Gasteiger partial charge < -0.3 is 15.7 Å². The van der Waals surface area contributed by atoms with E-state index in [4.69, 9.17) is 0 Å². The maximum Gasteiger partial charge on any atom is 0.232 e. The van der Waals surface area contributed by atoms with Gasteiger partial charge >= 0.3 is 0 Å². The zero-order valence-electron chi connectivity index (χ0n) is 14.8. The van der Waals surface area contributed by atoms with Crippen LogP contribution in [0.15, 0.2) is 54.6 Å². The van der Waals surface area contributed by atoms with Crippen LogP contribution < -0.4 is 10.6 Å². The number of H-pyrrole nitrogens is 1. The number of aromatic nitrogens is 4. The maximum atomic E-state index is 11.9. The van der Waals surface area contributed by atoms with E-state index in [0.29, 0.717) is 12.4 Å². The molecule has 27 heavy (non-hydrogen) atoms. The molecule has 4 N–H and O–H groups in total. The molecule has 0 bridgehead atoms. The molecule has 140 valence electrons. The molecule has 8 nitrogen and oxygen atoms in total. The summed E-state index contributed by atoms with van der Waals surface area (Å²) >= 11 is 0. The summed E-state index contributed by atoms with van der Waals surface area (Å²) in [6.07, 6.45) is 0.396. The van der Waals surface area contributed by atoms with Crippen molar-refractivity contribution in [1.82, 2.24) is 25.9 Å². The Labute approximate surface area is 157 Å². The van der Waals surface area contributed by atoms with Gasteiger partial charge in [-0.25, -0.2) is 0 Å². The van der Waals surface area contributed by atoms with Crippen LogP contribution in [0.5, 0.6) is 0 Å². The number of carbonyl (C=O) groups is 1. The zero-order valence-corrected chi connectivity index (χ0v) is 14.8. The second kappa shape index (κ2) is 9.56. The van der Waals surface area contributed by atoms with Crippen LogP contribution in [-0.2, 0) is 17.6 Å². The molecular formula is C19H22N6O2. The minimum Gasteiger partial charge on any atom is -0.387 e. The molecule has 1 heterocycles. The topological polar surface area (TPSA) is 116 Å². The van der Waals surface area contributed by atoms with E-state index in [0.717, 1.165) is 29.8 Å². The fourth-order valence-corrected chi connectivity index (χ4v) is 2.63. The number of benzene rings is 2. The van der Waals surface area contributed by atoms with Crippen molar-refractivity contribution in [3.63, 3.8) is 0 Å². The van der Waals surface area contributed by atoms with Gasteiger partial charge in [-0.15, -0.1) is 10.2 Å². The van der Waals surface area contributed by atoms with Gasteiger partial charge in [0.1, 0.15) is 0 Å². The number of aliphatic hydroxyl groups is 1. The van der Waals surface area contributed by atoms with Crippen LogP contribution in [0, 0.1) is 0 Å². The molecule has 3 rings (SSSR count). The molecule has 1 unspecified atom stereocenters. The molecule has 2 aromatic carbocycles. The lowest BCUT2D eigenvalue weighted by molar-refractivity contribution is -0.115. The number of hydrogen-bond acceptors (Lipinski definition) is 6. The fourth-order valence-electron chi connectivity index (χ4n) is 2.63. The van der Waals surface area contributed by atoms with Crippen LogP contribution >= 0.6 is 0 Å². The van der Waals surface area contributed by atoms with E-state index >= 15 is 0 Å². The summed E-state index contributed by atoms with van der Waals surface area (Å²) in [5.41, 5.74) is 2.78. The predicted molar refractivity (Wildman–Crippen MR) is 101 cm³/mol. The Morgan fingerprint density at radius 3 is 2.59 bits per heavy atom. The Bertz CT molecular complexity index is 821. The number of carbonyl (C=O) groups excluding carboxylic acids is 1. The highest BCUT2D eigenvalue weighted by molar-refractivity contribution is 5.91. The summed E-state index contributed by atoms with van der Waals surface area (Å²) in [7, 11) is 0. The van der Waals surface area contributed by atoms with Crippen molar-refractivity contribution in [3.8, 4) is 0 Å². The lowest BCUT2D eigenvalue weighted by Crippen LogP contribution is -2.23. The molecule has 8 heteroatoms. The van der Waals surface area contributed by atoms with Gasteiger partial charge in [0.25, 0.3) is 0 Å². The lowest BCUT2D eigenvalue weighted by Gasteiger charge is -2.12. The van der Waals surface area contributed by atoms with E-state index in [2.05, 4.69) is 31.3 Å². The van der Waals surface area contributed by atoms with E-state index in [9.17, 15) is 9.90 Å². The normalized spacial score (nSPS) is 11.9. The smallest absolute Gasteiger partial charge is 0.232 e. The summed E-state index contributed by atoms with van der Waals surface area (Å²) < 4.78 is 0. The number of tetrazole rings is 1. The van der Waals surface area contributed by atoms with Gasteiger partial charge in [0.2, 0.25) is 5.91 Å². The van der Waals surface area contributed by atoms with Crippen LogP contribution in [0.3, 0.4) is 0 Å². The van der Waals surface area contributed by atoms with Crippen molar-refractivity contribution in [2.45, 2.75) is 18.9 Å². The van der Waals surface area contributed by atoms with Gasteiger partial charge in [-0.2, -0.15) is 5.21 Å². The summed E-state index contributed by atoms with van der Waals surface area (Å²) in [5.74, 6) is 0.161. The molecule has 0 saturated carbocycles. The van der Waals surface area contributed by atoms with E-state index < -0.39 is 6.10 Å².